The zero-order valence-corrected chi connectivity index (χ0v) is 13.4. The third kappa shape index (κ3) is 4.33. The van der Waals surface area contributed by atoms with Crippen LogP contribution in [0.3, 0.4) is 0 Å². The first kappa shape index (κ1) is 15.6. The molecule has 21 heavy (non-hydrogen) atoms. The van der Waals surface area contributed by atoms with Crippen LogP contribution < -0.4 is 4.74 Å². The lowest BCUT2D eigenvalue weighted by Gasteiger charge is -2.28. The van der Waals surface area contributed by atoms with Gasteiger partial charge >= 0.3 is 0 Å². The van der Waals surface area contributed by atoms with Gasteiger partial charge in [0.05, 0.1) is 0 Å². The Morgan fingerprint density at radius 2 is 1.52 bits per heavy atom. The molecule has 2 aromatic carbocycles. The standard InChI is InChI=1S/C19H25NO/c1-15(2)19(20(3)4)17-10-12-18(13-11-17)21-14-16-8-6-5-7-9-16/h5-13,15,19H,14H2,1-4H3/t19-/m1/s1. The lowest BCUT2D eigenvalue weighted by Crippen LogP contribution is -2.24. The fourth-order valence-electron chi connectivity index (χ4n) is 2.78. The van der Waals surface area contributed by atoms with Gasteiger partial charge in [0, 0.05) is 6.04 Å². The van der Waals surface area contributed by atoms with Crippen molar-refractivity contribution in [1.29, 1.82) is 0 Å². The largest absolute Gasteiger partial charge is 0.489 e. The maximum Gasteiger partial charge on any atom is 0.119 e. The maximum atomic E-state index is 5.83. The summed E-state index contributed by atoms with van der Waals surface area (Å²) < 4.78 is 5.83. The van der Waals surface area contributed by atoms with Gasteiger partial charge in [0.2, 0.25) is 0 Å². The van der Waals surface area contributed by atoms with Crippen LogP contribution >= 0.6 is 0 Å². The number of nitrogens with zero attached hydrogens (tertiary/aromatic N) is 1. The van der Waals surface area contributed by atoms with Crippen molar-refractivity contribution in [3.8, 4) is 5.75 Å². The zero-order valence-electron chi connectivity index (χ0n) is 13.4. The van der Waals surface area contributed by atoms with E-state index in [0.717, 1.165) is 5.75 Å². The predicted octanol–water partition coefficient (Wildman–Crippen LogP) is 4.52. The highest BCUT2D eigenvalue weighted by Gasteiger charge is 2.17. The lowest BCUT2D eigenvalue weighted by atomic mass is 9.95. The average Bonchev–Trinajstić information content (AvgIpc) is 2.47. The van der Waals surface area contributed by atoms with Gasteiger partial charge in [-0.05, 0) is 43.3 Å². The molecule has 0 unspecified atom stereocenters. The molecule has 2 heteroatoms. The fraction of sp³-hybridized carbons (Fsp3) is 0.368. The Labute approximate surface area is 128 Å². The molecule has 0 amide bonds. The number of benzene rings is 2. The van der Waals surface area contributed by atoms with E-state index in [-0.39, 0.29) is 0 Å². The molecule has 0 saturated carbocycles. The van der Waals surface area contributed by atoms with Crippen molar-refractivity contribution >= 4 is 0 Å². The van der Waals surface area contributed by atoms with Crippen LogP contribution in [0.1, 0.15) is 31.0 Å². The average molecular weight is 283 g/mol. The first-order valence-electron chi connectivity index (χ1n) is 7.51. The summed E-state index contributed by atoms with van der Waals surface area (Å²) in [5, 5.41) is 0. The van der Waals surface area contributed by atoms with Gasteiger partial charge in [0.25, 0.3) is 0 Å². The normalized spacial score (nSPS) is 12.7. The highest BCUT2D eigenvalue weighted by atomic mass is 16.5. The predicted molar refractivity (Wildman–Crippen MR) is 88.5 cm³/mol. The van der Waals surface area contributed by atoms with E-state index in [2.05, 4.69) is 69.2 Å². The fourth-order valence-corrected chi connectivity index (χ4v) is 2.78. The zero-order chi connectivity index (χ0) is 15.2. The van der Waals surface area contributed by atoms with Crippen LogP contribution in [0.5, 0.6) is 5.75 Å². The van der Waals surface area contributed by atoms with Crippen LogP contribution in [-0.2, 0) is 6.61 Å². The molecule has 0 N–H and O–H groups in total. The molecule has 2 nitrogen and oxygen atoms in total. The molecule has 0 aromatic heterocycles. The Morgan fingerprint density at radius 1 is 0.905 bits per heavy atom. The van der Waals surface area contributed by atoms with E-state index in [1.165, 1.54) is 11.1 Å². The summed E-state index contributed by atoms with van der Waals surface area (Å²) in [5.74, 6) is 1.50. The molecule has 0 saturated heterocycles. The SMILES string of the molecule is CC(C)[C@H](c1ccc(OCc2ccccc2)cc1)N(C)C. The summed E-state index contributed by atoms with van der Waals surface area (Å²) in [6.45, 7) is 5.12. The molecule has 0 aliphatic heterocycles. The van der Waals surface area contributed by atoms with Crippen LogP contribution in [0.4, 0.5) is 0 Å². The van der Waals surface area contributed by atoms with Crippen LogP contribution in [0.2, 0.25) is 0 Å². The Morgan fingerprint density at radius 3 is 2.05 bits per heavy atom. The summed E-state index contributed by atoms with van der Waals surface area (Å²) in [7, 11) is 4.26. The molecular formula is C19H25NO. The minimum atomic E-state index is 0.438. The van der Waals surface area contributed by atoms with Crippen LogP contribution in [-0.4, -0.2) is 19.0 Å². The van der Waals surface area contributed by atoms with E-state index < -0.39 is 0 Å². The third-order valence-corrected chi connectivity index (χ3v) is 3.66. The molecule has 0 fully saturated rings. The second kappa shape index (κ2) is 7.28. The Hall–Kier alpha value is -1.80. The van der Waals surface area contributed by atoms with Gasteiger partial charge in [-0.3, -0.25) is 0 Å². The van der Waals surface area contributed by atoms with E-state index >= 15 is 0 Å². The van der Waals surface area contributed by atoms with E-state index in [1.807, 2.05) is 18.2 Å². The molecule has 0 radical (unpaired) electrons. The number of rotatable bonds is 6. The van der Waals surface area contributed by atoms with Gasteiger partial charge in [-0.2, -0.15) is 0 Å². The van der Waals surface area contributed by atoms with Crippen LogP contribution in [0.15, 0.2) is 54.6 Å². The first-order chi connectivity index (χ1) is 10.1. The molecule has 0 aliphatic carbocycles. The van der Waals surface area contributed by atoms with E-state index in [1.54, 1.807) is 0 Å². The molecule has 0 spiro atoms. The second-order valence-corrected chi connectivity index (χ2v) is 6.00. The van der Waals surface area contributed by atoms with E-state index in [4.69, 9.17) is 4.74 Å². The van der Waals surface area contributed by atoms with Crippen LogP contribution in [0.25, 0.3) is 0 Å². The smallest absolute Gasteiger partial charge is 0.119 e. The highest BCUT2D eigenvalue weighted by Crippen LogP contribution is 2.27. The third-order valence-electron chi connectivity index (χ3n) is 3.66. The molecule has 2 rings (SSSR count). The molecule has 2 aromatic rings. The summed E-state index contributed by atoms with van der Waals surface area (Å²) in [5.41, 5.74) is 2.52. The minimum absolute atomic E-state index is 0.438. The van der Waals surface area contributed by atoms with Crippen molar-refractivity contribution < 1.29 is 4.74 Å². The quantitative estimate of drug-likeness (QED) is 0.772. The van der Waals surface area contributed by atoms with Gasteiger partial charge < -0.3 is 9.64 Å². The summed E-state index contributed by atoms with van der Waals surface area (Å²) in [6, 6.07) is 19.2. The number of ether oxygens (including phenoxy) is 1. The lowest BCUT2D eigenvalue weighted by molar-refractivity contribution is 0.235. The first-order valence-corrected chi connectivity index (χ1v) is 7.51. The number of hydrogen-bond donors (Lipinski definition) is 0. The van der Waals surface area contributed by atoms with E-state index in [9.17, 15) is 0 Å². The summed E-state index contributed by atoms with van der Waals surface area (Å²) in [4.78, 5) is 2.27. The van der Waals surface area contributed by atoms with Gasteiger partial charge in [0.1, 0.15) is 12.4 Å². The van der Waals surface area contributed by atoms with Gasteiger partial charge in [-0.15, -0.1) is 0 Å². The van der Waals surface area contributed by atoms with Gasteiger partial charge in [-0.25, -0.2) is 0 Å². The summed E-state index contributed by atoms with van der Waals surface area (Å²) >= 11 is 0. The molecule has 112 valence electrons. The van der Waals surface area contributed by atoms with Crippen LogP contribution in [0, 0.1) is 5.92 Å². The van der Waals surface area contributed by atoms with E-state index in [0.29, 0.717) is 18.6 Å². The molecule has 0 heterocycles. The maximum absolute atomic E-state index is 5.83. The minimum Gasteiger partial charge on any atom is -0.489 e. The van der Waals surface area contributed by atoms with Crippen molar-refractivity contribution in [3.63, 3.8) is 0 Å². The van der Waals surface area contributed by atoms with Gasteiger partial charge in [-0.1, -0.05) is 56.3 Å². The molecule has 0 aliphatic rings. The van der Waals surface area contributed by atoms with Gasteiger partial charge in [0.15, 0.2) is 0 Å². The molecule has 1 atom stereocenters. The highest BCUT2D eigenvalue weighted by molar-refractivity contribution is 5.30. The topological polar surface area (TPSA) is 12.5 Å². The summed E-state index contributed by atoms with van der Waals surface area (Å²) in [6.07, 6.45) is 0. The van der Waals surface area contributed by atoms with Crippen molar-refractivity contribution in [3.05, 3.63) is 65.7 Å². The Bertz CT molecular complexity index is 523. The monoisotopic (exact) mass is 283 g/mol. The second-order valence-electron chi connectivity index (χ2n) is 6.00. The van der Waals surface area contributed by atoms with Crippen molar-refractivity contribution in [1.82, 2.24) is 4.90 Å². The Balaban J connectivity index is 2.01. The van der Waals surface area contributed by atoms with Crippen molar-refractivity contribution in [2.24, 2.45) is 5.92 Å². The van der Waals surface area contributed by atoms with Crippen molar-refractivity contribution in [2.45, 2.75) is 26.5 Å². The molecule has 0 bridgehead atoms. The number of hydrogen-bond acceptors (Lipinski definition) is 2. The Kier molecular flexibility index (Phi) is 5.40. The molecular weight excluding hydrogens is 258 g/mol. The van der Waals surface area contributed by atoms with Crippen molar-refractivity contribution in [2.75, 3.05) is 14.1 Å².